The van der Waals surface area contributed by atoms with E-state index in [-0.39, 0.29) is 33.3 Å². The van der Waals surface area contributed by atoms with Crippen molar-refractivity contribution in [1.29, 1.82) is 0 Å². The minimum Gasteiger partial charge on any atom is -0.481 e. The van der Waals surface area contributed by atoms with Gasteiger partial charge in [-0.1, -0.05) is 0 Å². The minimum absolute atomic E-state index is 0. The molecular formula is C10H22N2O4Pd+2. The standard InChI is InChI=1S/2C5H11NO2.Pd/c2*1-6(2)4-3-5(7)8;/h2*3-4H2,1-2H3,(H,7,8);/q;;+2. The van der Waals surface area contributed by atoms with Gasteiger partial charge in [-0.25, -0.2) is 0 Å². The molecule has 17 heavy (non-hydrogen) atoms. The van der Waals surface area contributed by atoms with E-state index in [1.54, 1.807) is 0 Å². The Labute approximate surface area is 116 Å². The first-order valence-corrected chi connectivity index (χ1v) is 4.98. The molecule has 0 heterocycles. The molecule has 0 aromatic heterocycles. The third-order valence-electron chi connectivity index (χ3n) is 1.55. The maximum Gasteiger partial charge on any atom is 2.00 e. The van der Waals surface area contributed by atoms with Crippen molar-refractivity contribution in [1.82, 2.24) is 9.80 Å². The van der Waals surface area contributed by atoms with Crippen LogP contribution in [-0.2, 0) is 30.0 Å². The average molecular weight is 341 g/mol. The van der Waals surface area contributed by atoms with Gasteiger partial charge in [-0.05, 0) is 28.2 Å². The molecule has 0 rings (SSSR count). The van der Waals surface area contributed by atoms with Gasteiger partial charge in [0, 0.05) is 13.1 Å². The Balaban J connectivity index is -0.000000218. The first-order chi connectivity index (χ1) is 7.25. The third kappa shape index (κ3) is 31.3. The number of carboxylic acid groups (broad SMARTS) is 2. The first kappa shape index (κ1) is 21.8. The van der Waals surface area contributed by atoms with E-state index < -0.39 is 11.9 Å². The van der Waals surface area contributed by atoms with Crippen molar-refractivity contribution in [3.05, 3.63) is 0 Å². The maximum absolute atomic E-state index is 9.88. The van der Waals surface area contributed by atoms with Gasteiger partial charge >= 0.3 is 32.4 Å². The molecule has 0 radical (unpaired) electrons. The zero-order valence-electron chi connectivity index (χ0n) is 10.8. The van der Waals surface area contributed by atoms with E-state index in [4.69, 9.17) is 10.2 Å². The van der Waals surface area contributed by atoms with Crippen LogP contribution in [0.4, 0.5) is 0 Å². The summed E-state index contributed by atoms with van der Waals surface area (Å²) >= 11 is 0. The molecule has 0 spiro atoms. The molecule has 0 fully saturated rings. The molecule has 0 saturated heterocycles. The number of nitrogens with zero attached hydrogens (tertiary/aromatic N) is 2. The molecule has 0 aliphatic rings. The number of rotatable bonds is 6. The second-order valence-corrected chi connectivity index (χ2v) is 3.89. The van der Waals surface area contributed by atoms with Gasteiger partial charge in [0.15, 0.2) is 0 Å². The van der Waals surface area contributed by atoms with Crippen LogP contribution >= 0.6 is 0 Å². The Kier molecular flexibility index (Phi) is 17.4. The Hall–Kier alpha value is -0.478. The molecule has 0 aliphatic heterocycles. The summed E-state index contributed by atoms with van der Waals surface area (Å²) in [4.78, 5) is 23.4. The first-order valence-electron chi connectivity index (χ1n) is 4.98. The summed E-state index contributed by atoms with van der Waals surface area (Å²) in [7, 11) is 7.40. The minimum atomic E-state index is -0.737. The number of hydrogen-bond acceptors (Lipinski definition) is 4. The fraction of sp³-hybridized carbons (Fsp3) is 0.800. The molecule has 104 valence electrons. The van der Waals surface area contributed by atoms with Crippen LogP contribution in [0.15, 0.2) is 0 Å². The molecule has 0 aromatic rings. The van der Waals surface area contributed by atoms with Crippen molar-refractivity contribution in [3.63, 3.8) is 0 Å². The van der Waals surface area contributed by atoms with Crippen molar-refractivity contribution in [2.24, 2.45) is 0 Å². The van der Waals surface area contributed by atoms with Crippen LogP contribution in [0.3, 0.4) is 0 Å². The number of carbonyl (C=O) groups is 2. The molecule has 6 nitrogen and oxygen atoms in total. The van der Waals surface area contributed by atoms with Crippen molar-refractivity contribution in [3.8, 4) is 0 Å². The molecule has 0 unspecified atom stereocenters. The van der Waals surface area contributed by atoms with E-state index in [2.05, 4.69) is 0 Å². The van der Waals surface area contributed by atoms with Crippen LogP contribution < -0.4 is 0 Å². The van der Waals surface area contributed by atoms with Gasteiger partial charge in [0.25, 0.3) is 0 Å². The van der Waals surface area contributed by atoms with Gasteiger partial charge < -0.3 is 20.0 Å². The second kappa shape index (κ2) is 13.6. The Morgan fingerprint density at radius 3 is 1.12 bits per heavy atom. The van der Waals surface area contributed by atoms with E-state index in [0.717, 1.165) is 0 Å². The average Bonchev–Trinajstić information content (AvgIpc) is 2.12. The molecule has 0 amide bonds. The smallest absolute Gasteiger partial charge is 0.481 e. The summed E-state index contributed by atoms with van der Waals surface area (Å²) < 4.78 is 0. The van der Waals surface area contributed by atoms with Crippen LogP contribution in [0, 0.1) is 0 Å². The normalized spacial score (nSPS) is 9.29. The number of carboxylic acids is 2. The van der Waals surface area contributed by atoms with E-state index in [0.29, 0.717) is 13.1 Å². The molecule has 7 heteroatoms. The van der Waals surface area contributed by atoms with Crippen molar-refractivity contribution in [2.75, 3.05) is 41.3 Å². The third-order valence-corrected chi connectivity index (χ3v) is 1.55. The Bertz CT molecular complexity index is 188. The fourth-order valence-electron chi connectivity index (χ4n) is 0.639. The molecule has 0 atom stereocenters. The maximum atomic E-state index is 9.88. The van der Waals surface area contributed by atoms with Gasteiger partial charge in [-0.2, -0.15) is 0 Å². The van der Waals surface area contributed by atoms with Gasteiger partial charge in [-0.3, -0.25) is 9.59 Å². The van der Waals surface area contributed by atoms with Gasteiger partial charge in [0.1, 0.15) is 0 Å². The summed E-state index contributed by atoms with van der Waals surface area (Å²) in [5.41, 5.74) is 0. The van der Waals surface area contributed by atoms with Gasteiger partial charge in [0.2, 0.25) is 0 Å². The van der Waals surface area contributed by atoms with Crippen LogP contribution in [0.1, 0.15) is 12.8 Å². The molecule has 0 bridgehead atoms. The Morgan fingerprint density at radius 1 is 0.824 bits per heavy atom. The summed E-state index contributed by atoms with van der Waals surface area (Å²) in [5, 5.41) is 16.3. The van der Waals surface area contributed by atoms with E-state index in [9.17, 15) is 9.59 Å². The SMILES string of the molecule is CN(C)CCC(=O)O.CN(C)CCC(=O)O.[Pd+2]. The van der Waals surface area contributed by atoms with Crippen molar-refractivity contribution < 1.29 is 40.2 Å². The zero-order chi connectivity index (χ0) is 13.1. The monoisotopic (exact) mass is 340 g/mol. The summed E-state index contributed by atoms with van der Waals surface area (Å²) in [6, 6.07) is 0. The van der Waals surface area contributed by atoms with Gasteiger partial charge in [-0.15, -0.1) is 0 Å². The van der Waals surface area contributed by atoms with Crippen molar-refractivity contribution in [2.45, 2.75) is 12.8 Å². The summed E-state index contributed by atoms with van der Waals surface area (Å²) in [6.07, 6.45) is 0.458. The topological polar surface area (TPSA) is 81.1 Å². The molecular weight excluding hydrogens is 319 g/mol. The molecule has 0 aliphatic carbocycles. The Morgan fingerprint density at radius 2 is 1.06 bits per heavy atom. The number of hydrogen-bond donors (Lipinski definition) is 2. The summed E-state index contributed by atoms with van der Waals surface area (Å²) in [5.74, 6) is -1.47. The van der Waals surface area contributed by atoms with E-state index in [1.165, 1.54) is 0 Å². The summed E-state index contributed by atoms with van der Waals surface area (Å²) in [6.45, 7) is 1.24. The van der Waals surface area contributed by atoms with Crippen LogP contribution in [0.5, 0.6) is 0 Å². The molecule has 0 aromatic carbocycles. The molecule has 2 N–H and O–H groups in total. The predicted octanol–water partition coefficient (Wildman–Crippen LogP) is 0.0429. The van der Waals surface area contributed by atoms with Crippen molar-refractivity contribution >= 4 is 11.9 Å². The predicted molar refractivity (Wildman–Crippen MR) is 61.6 cm³/mol. The largest absolute Gasteiger partial charge is 2.00 e. The zero-order valence-corrected chi connectivity index (χ0v) is 12.3. The van der Waals surface area contributed by atoms with Gasteiger partial charge in [0.05, 0.1) is 12.8 Å². The molecule has 0 saturated carbocycles. The van der Waals surface area contributed by atoms with Crippen LogP contribution in [0.2, 0.25) is 0 Å². The second-order valence-electron chi connectivity index (χ2n) is 3.89. The van der Waals surface area contributed by atoms with Crippen LogP contribution in [-0.4, -0.2) is 73.2 Å². The van der Waals surface area contributed by atoms with Crippen LogP contribution in [0.25, 0.3) is 0 Å². The van der Waals surface area contributed by atoms with E-state index >= 15 is 0 Å². The van der Waals surface area contributed by atoms with E-state index in [1.807, 2.05) is 38.0 Å². The fourth-order valence-corrected chi connectivity index (χ4v) is 0.639. The number of aliphatic carboxylic acids is 2. The quantitative estimate of drug-likeness (QED) is 0.665.